The number of hydrogen-bond acceptors (Lipinski definition) is 5. The van der Waals surface area contributed by atoms with E-state index in [-0.39, 0.29) is 34.8 Å². The second kappa shape index (κ2) is 8.44. The monoisotopic (exact) mass is 448 g/mol. The van der Waals surface area contributed by atoms with Crippen molar-refractivity contribution in [1.82, 2.24) is 15.3 Å². The molecule has 0 radical (unpaired) electrons. The molecular formula is C27H36N4O2. The number of rotatable bonds is 5. The van der Waals surface area contributed by atoms with E-state index in [1.807, 2.05) is 53.7 Å². The number of ether oxygens (including phenoxy) is 1. The highest BCUT2D eigenvalue weighted by Crippen LogP contribution is 2.55. The van der Waals surface area contributed by atoms with Gasteiger partial charge in [-0.2, -0.15) is 5.26 Å². The third kappa shape index (κ3) is 4.21. The minimum atomic E-state index is -0.296. The van der Waals surface area contributed by atoms with Crippen LogP contribution in [0.2, 0.25) is 0 Å². The number of nitrogens with one attached hydrogen (secondary N) is 1. The Balaban J connectivity index is 1.83. The maximum absolute atomic E-state index is 13.3. The van der Waals surface area contributed by atoms with Crippen LogP contribution in [-0.4, -0.2) is 28.0 Å². The normalized spacial score (nSPS) is 20.7. The van der Waals surface area contributed by atoms with Crippen LogP contribution in [0, 0.1) is 49.9 Å². The molecule has 0 saturated heterocycles. The van der Waals surface area contributed by atoms with Gasteiger partial charge in [0.15, 0.2) is 0 Å². The first-order chi connectivity index (χ1) is 15.2. The first-order valence-electron chi connectivity index (χ1n) is 11.6. The summed E-state index contributed by atoms with van der Waals surface area (Å²) in [7, 11) is 0. The lowest BCUT2D eigenvalue weighted by molar-refractivity contribution is -0.164. The van der Waals surface area contributed by atoms with E-state index in [4.69, 9.17) is 4.74 Å². The molecule has 0 bridgehead atoms. The zero-order chi connectivity index (χ0) is 24.9. The lowest BCUT2D eigenvalue weighted by Crippen LogP contribution is -2.74. The van der Waals surface area contributed by atoms with Gasteiger partial charge in [0.05, 0.1) is 28.6 Å². The minimum absolute atomic E-state index is 0.0911. The highest BCUT2D eigenvalue weighted by Gasteiger charge is 2.64. The largest absolute Gasteiger partial charge is 0.489 e. The zero-order valence-corrected chi connectivity index (χ0v) is 21.5. The van der Waals surface area contributed by atoms with Crippen molar-refractivity contribution in [3.63, 3.8) is 0 Å². The lowest BCUT2D eigenvalue weighted by Gasteiger charge is -2.63. The van der Waals surface area contributed by atoms with Crippen molar-refractivity contribution in [2.45, 2.75) is 87.3 Å². The molecule has 33 heavy (non-hydrogen) atoms. The SMILES string of the molecule is Cc1cc(OC2C(C)(C)C(NC(=O)c3c(C)nc(C(C)C)nc3C)C2(C)C)cc(C)c1C#N. The van der Waals surface area contributed by atoms with E-state index in [1.54, 1.807) is 0 Å². The third-order valence-electron chi connectivity index (χ3n) is 7.02. The molecule has 1 N–H and O–H groups in total. The van der Waals surface area contributed by atoms with Crippen LogP contribution in [-0.2, 0) is 0 Å². The van der Waals surface area contributed by atoms with Crippen molar-refractivity contribution in [1.29, 1.82) is 5.26 Å². The lowest BCUT2D eigenvalue weighted by atomic mass is 9.49. The molecule has 176 valence electrons. The smallest absolute Gasteiger partial charge is 0.255 e. The molecular weight excluding hydrogens is 412 g/mol. The zero-order valence-electron chi connectivity index (χ0n) is 21.5. The number of nitriles is 1. The van der Waals surface area contributed by atoms with E-state index in [0.29, 0.717) is 22.5 Å². The fraction of sp³-hybridized carbons (Fsp3) is 0.556. The summed E-state index contributed by atoms with van der Waals surface area (Å²) in [6.45, 7) is 20.2. The van der Waals surface area contributed by atoms with Gasteiger partial charge in [-0.05, 0) is 51.0 Å². The first kappa shape index (κ1) is 24.7. The molecule has 1 fully saturated rings. The molecule has 1 aromatic carbocycles. The number of carbonyl (C=O) groups is 1. The Hall–Kier alpha value is -2.94. The molecule has 3 rings (SSSR count). The van der Waals surface area contributed by atoms with Gasteiger partial charge in [0.1, 0.15) is 17.7 Å². The highest BCUT2D eigenvalue weighted by atomic mass is 16.5. The van der Waals surface area contributed by atoms with Crippen LogP contribution in [0.4, 0.5) is 0 Å². The molecule has 2 aromatic rings. The van der Waals surface area contributed by atoms with Crippen LogP contribution < -0.4 is 10.1 Å². The average Bonchev–Trinajstić information content (AvgIpc) is 2.69. The van der Waals surface area contributed by atoms with E-state index < -0.39 is 0 Å². The molecule has 1 heterocycles. The van der Waals surface area contributed by atoms with E-state index in [9.17, 15) is 10.1 Å². The Morgan fingerprint density at radius 2 is 1.52 bits per heavy atom. The Bertz CT molecular complexity index is 1080. The number of amides is 1. The topological polar surface area (TPSA) is 87.9 Å². The van der Waals surface area contributed by atoms with Crippen molar-refractivity contribution in [3.05, 3.63) is 51.6 Å². The summed E-state index contributed by atoms with van der Waals surface area (Å²) >= 11 is 0. The summed E-state index contributed by atoms with van der Waals surface area (Å²) in [5, 5.41) is 12.6. The molecule has 6 heteroatoms. The van der Waals surface area contributed by atoms with Crippen molar-refractivity contribution in [3.8, 4) is 11.8 Å². The van der Waals surface area contributed by atoms with E-state index in [0.717, 1.165) is 22.7 Å². The molecule has 0 aliphatic heterocycles. The summed E-state index contributed by atoms with van der Waals surface area (Å²) in [5.41, 5.74) is 3.87. The summed E-state index contributed by atoms with van der Waals surface area (Å²) in [6, 6.07) is 6.00. The van der Waals surface area contributed by atoms with Gasteiger partial charge in [-0.15, -0.1) is 0 Å². The van der Waals surface area contributed by atoms with E-state index in [2.05, 4.69) is 49.0 Å². The molecule has 0 unspecified atom stereocenters. The quantitative estimate of drug-likeness (QED) is 0.669. The third-order valence-corrected chi connectivity index (χ3v) is 7.02. The van der Waals surface area contributed by atoms with Gasteiger partial charge < -0.3 is 10.1 Å². The van der Waals surface area contributed by atoms with Gasteiger partial charge in [-0.3, -0.25) is 4.79 Å². The average molecular weight is 449 g/mol. The molecule has 1 aliphatic carbocycles. The molecule has 1 aliphatic rings. The summed E-state index contributed by atoms with van der Waals surface area (Å²) in [4.78, 5) is 22.4. The van der Waals surface area contributed by atoms with E-state index in [1.165, 1.54) is 0 Å². The van der Waals surface area contributed by atoms with Crippen molar-refractivity contribution in [2.24, 2.45) is 10.8 Å². The van der Waals surface area contributed by atoms with Crippen molar-refractivity contribution >= 4 is 5.91 Å². The predicted octanol–water partition coefficient (Wildman–Crippen LogP) is 5.32. The molecule has 1 amide bonds. The second-order valence-corrected chi connectivity index (χ2v) is 10.9. The predicted molar refractivity (Wildman–Crippen MR) is 129 cm³/mol. The molecule has 1 saturated carbocycles. The van der Waals surface area contributed by atoms with Gasteiger partial charge in [0.25, 0.3) is 5.91 Å². The number of benzene rings is 1. The standard InChI is InChI=1S/C27H36N4O2/c1-14(2)22-29-17(5)21(18(6)30-22)23(32)31-24-26(7,8)25(27(24,9)10)33-19-11-15(3)20(13-28)16(4)12-19/h11-12,14,24-25H,1-10H3,(H,31,32). The summed E-state index contributed by atoms with van der Waals surface area (Å²) in [5.74, 6) is 1.57. The van der Waals surface area contributed by atoms with E-state index >= 15 is 0 Å². The maximum Gasteiger partial charge on any atom is 0.255 e. The number of aryl methyl sites for hydroxylation is 4. The fourth-order valence-electron chi connectivity index (χ4n) is 5.64. The molecule has 6 nitrogen and oxygen atoms in total. The Labute approximate surface area is 197 Å². The van der Waals surface area contributed by atoms with Gasteiger partial charge in [-0.25, -0.2) is 9.97 Å². The number of nitrogens with zero attached hydrogens (tertiary/aromatic N) is 3. The van der Waals surface area contributed by atoms with Crippen LogP contribution in [0.3, 0.4) is 0 Å². The Morgan fingerprint density at radius 1 is 1.03 bits per heavy atom. The second-order valence-electron chi connectivity index (χ2n) is 10.9. The van der Waals surface area contributed by atoms with Crippen LogP contribution in [0.1, 0.15) is 91.7 Å². The molecule has 0 atom stereocenters. The van der Waals surface area contributed by atoms with Gasteiger partial charge in [-0.1, -0.05) is 41.5 Å². The Morgan fingerprint density at radius 3 is 1.94 bits per heavy atom. The maximum atomic E-state index is 13.3. The summed E-state index contributed by atoms with van der Waals surface area (Å²) in [6.07, 6.45) is -0.108. The Kier molecular flexibility index (Phi) is 6.32. The van der Waals surface area contributed by atoms with Crippen LogP contribution in [0.15, 0.2) is 12.1 Å². The van der Waals surface area contributed by atoms with Gasteiger partial charge >= 0.3 is 0 Å². The van der Waals surface area contributed by atoms with Crippen LogP contribution in [0.5, 0.6) is 5.75 Å². The van der Waals surface area contributed by atoms with Crippen LogP contribution in [0.25, 0.3) is 0 Å². The summed E-state index contributed by atoms with van der Waals surface area (Å²) < 4.78 is 6.46. The highest BCUT2D eigenvalue weighted by molar-refractivity contribution is 5.96. The number of hydrogen-bond donors (Lipinski definition) is 1. The van der Waals surface area contributed by atoms with Crippen molar-refractivity contribution in [2.75, 3.05) is 0 Å². The van der Waals surface area contributed by atoms with Crippen LogP contribution >= 0.6 is 0 Å². The van der Waals surface area contributed by atoms with Gasteiger partial charge in [0.2, 0.25) is 0 Å². The fourth-order valence-corrected chi connectivity index (χ4v) is 5.64. The first-order valence-corrected chi connectivity index (χ1v) is 11.6. The number of carbonyl (C=O) groups excluding carboxylic acids is 1. The number of aromatic nitrogens is 2. The van der Waals surface area contributed by atoms with Gasteiger partial charge in [0, 0.05) is 22.8 Å². The molecule has 0 spiro atoms. The molecule has 1 aromatic heterocycles. The van der Waals surface area contributed by atoms with Crippen molar-refractivity contribution < 1.29 is 9.53 Å². The minimum Gasteiger partial charge on any atom is -0.489 e.